The Morgan fingerprint density at radius 1 is 1.18 bits per heavy atom. The molecule has 2 heterocycles. The summed E-state index contributed by atoms with van der Waals surface area (Å²) in [6.45, 7) is 4.15. The molecule has 2 aromatic carbocycles. The summed E-state index contributed by atoms with van der Waals surface area (Å²) < 4.78 is 19.4. The molecule has 6 heteroatoms. The number of oxazole rings is 1. The van der Waals surface area contributed by atoms with Crippen molar-refractivity contribution in [2.45, 2.75) is 26.3 Å². The zero-order valence-electron chi connectivity index (χ0n) is 15.7. The molecule has 0 fully saturated rings. The molecule has 28 heavy (non-hydrogen) atoms. The second kappa shape index (κ2) is 7.94. The van der Waals surface area contributed by atoms with Gasteiger partial charge in [0.2, 0.25) is 0 Å². The SMILES string of the molecule is Cc1cc(F)cc(CN2CCc3nc(C(=O)Nc4ccccc4)oc3CC2)c1. The molecular formula is C22H22FN3O2. The lowest BCUT2D eigenvalue weighted by Crippen LogP contribution is -2.26. The van der Waals surface area contributed by atoms with Gasteiger partial charge in [0.05, 0.1) is 5.69 Å². The van der Waals surface area contributed by atoms with Crippen molar-refractivity contribution in [3.63, 3.8) is 0 Å². The Labute approximate surface area is 163 Å². The number of carbonyl (C=O) groups is 1. The molecule has 0 spiro atoms. The quantitative estimate of drug-likeness (QED) is 0.745. The molecule has 5 nitrogen and oxygen atoms in total. The Hall–Kier alpha value is -2.99. The van der Waals surface area contributed by atoms with Crippen LogP contribution in [0.25, 0.3) is 0 Å². The summed E-state index contributed by atoms with van der Waals surface area (Å²) in [5.41, 5.74) is 3.42. The number of rotatable bonds is 4. The highest BCUT2D eigenvalue weighted by Gasteiger charge is 2.23. The van der Waals surface area contributed by atoms with Crippen molar-refractivity contribution in [1.82, 2.24) is 9.88 Å². The van der Waals surface area contributed by atoms with Gasteiger partial charge in [-0.3, -0.25) is 9.69 Å². The molecule has 1 aliphatic rings. The lowest BCUT2D eigenvalue weighted by atomic mass is 10.1. The molecule has 0 saturated heterocycles. The third-order valence-corrected chi connectivity index (χ3v) is 4.83. The van der Waals surface area contributed by atoms with Crippen molar-refractivity contribution in [2.75, 3.05) is 18.4 Å². The summed E-state index contributed by atoms with van der Waals surface area (Å²) in [5, 5.41) is 2.79. The number of para-hydroxylation sites is 1. The third kappa shape index (κ3) is 4.28. The van der Waals surface area contributed by atoms with E-state index in [4.69, 9.17) is 4.42 Å². The minimum absolute atomic E-state index is 0.100. The van der Waals surface area contributed by atoms with Crippen LogP contribution in [0.15, 0.2) is 52.9 Å². The minimum atomic E-state index is -0.341. The standard InChI is InChI=1S/C22H22FN3O2/c1-15-11-16(13-17(23)12-15)14-26-9-7-19-20(8-10-26)28-22(25-19)21(27)24-18-5-3-2-4-6-18/h2-6,11-13H,7-10,14H2,1H3,(H,24,27). The number of benzene rings is 2. The van der Waals surface area contributed by atoms with Crippen molar-refractivity contribution in [3.8, 4) is 0 Å². The Morgan fingerprint density at radius 2 is 1.96 bits per heavy atom. The lowest BCUT2D eigenvalue weighted by Gasteiger charge is -2.19. The first-order valence-corrected chi connectivity index (χ1v) is 9.40. The third-order valence-electron chi connectivity index (χ3n) is 4.83. The van der Waals surface area contributed by atoms with E-state index in [1.807, 2.05) is 43.3 Å². The van der Waals surface area contributed by atoms with Crippen LogP contribution in [0.3, 0.4) is 0 Å². The highest BCUT2D eigenvalue weighted by molar-refractivity contribution is 6.00. The van der Waals surface area contributed by atoms with Crippen LogP contribution in [0.5, 0.6) is 0 Å². The molecule has 0 bridgehead atoms. The van der Waals surface area contributed by atoms with Crippen molar-refractivity contribution in [3.05, 3.63) is 82.8 Å². The van der Waals surface area contributed by atoms with E-state index in [0.717, 1.165) is 35.7 Å². The Bertz CT molecular complexity index is 939. The minimum Gasteiger partial charge on any atom is -0.437 e. The second-order valence-electron chi connectivity index (χ2n) is 7.12. The number of hydrogen-bond donors (Lipinski definition) is 1. The summed E-state index contributed by atoms with van der Waals surface area (Å²) in [7, 11) is 0. The molecule has 1 aliphatic heterocycles. The summed E-state index contributed by atoms with van der Waals surface area (Å²) in [6, 6.07) is 14.4. The van der Waals surface area contributed by atoms with Crippen molar-refractivity contribution >= 4 is 11.6 Å². The highest BCUT2D eigenvalue weighted by Crippen LogP contribution is 2.20. The van der Waals surface area contributed by atoms with Gasteiger partial charge in [-0.2, -0.15) is 0 Å². The average molecular weight is 379 g/mol. The number of carbonyl (C=O) groups excluding carboxylic acids is 1. The van der Waals surface area contributed by atoms with E-state index in [1.54, 1.807) is 6.07 Å². The van der Waals surface area contributed by atoms with E-state index in [-0.39, 0.29) is 17.6 Å². The van der Waals surface area contributed by atoms with E-state index >= 15 is 0 Å². The van der Waals surface area contributed by atoms with Gasteiger partial charge in [0.25, 0.3) is 5.89 Å². The van der Waals surface area contributed by atoms with E-state index in [0.29, 0.717) is 25.1 Å². The van der Waals surface area contributed by atoms with Crippen LogP contribution in [-0.4, -0.2) is 28.9 Å². The molecule has 1 aromatic heterocycles. The largest absolute Gasteiger partial charge is 0.437 e. The first kappa shape index (κ1) is 18.4. The number of aryl methyl sites for hydroxylation is 1. The predicted octanol–water partition coefficient (Wildman–Crippen LogP) is 3.98. The zero-order valence-corrected chi connectivity index (χ0v) is 15.7. The second-order valence-corrected chi connectivity index (χ2v) is 7.12. The topological polar surface area (TPSA) is 58.4 Å². The monoisotopic (exact) mass is 379 g/mol. The first-order chi connectivity index (χ1) is 13.6. The van der Waals surface area contributed by atoms with Crippen molar-refractivity contribution < 1.29 is 13.6 Å². The molecule has 1 amide bonds. The van der Waals surface area contributed by atoms with Crippen LogP contribution in [0, 0.1) is 12.7 Å². The maximum Gasteiger partial charge on any atom is 0.311 e. The molecule has 0 radical (unpaired) electrons. The molecule has 3 aromatic rings. The van der Waals surface area contributed by atoms with Crippen LogP contribution in [0.2, 0.25) is 0 Å². The van der Waals surface area contributed by atoms with Gasteiger partial charge in [-0.1, -0.05) is 24.3 Å². The Balaban J connectivity index is 1.40. The normalized spacial score (nSPS) is 14.4. The van der Waals surface area contributed by atoms with Gasteiger partial charge < -0.3 is 9.73 Å². The van der Waals surface area contributed by atoms with Crippen LogP contribution >= 0.6 is 0 Å². The van der Waals surface area contributed by atoms with E-state index in [2.05, 4.69) is 15.2 Å². The fourth-order valence-electron chi connectivity index (χ4n) is 3.53. The maximum atomic E-state index is 13.6. The summed E-state index contributed by atoms with van der Waals surface area (Å²) in [4.78, 5) is 19.0. The van der Waals surface area contributed by atoms with Gasteiger partial charge in [0.15, 0.2) is 0 Å². The molecule has 144 valence electrons. The fraction of sp³-hybridized carbons (Fsp3) is 0.273. The van der Waals surface area contributed by atoms with Crippen LogP contribution in [0.4, 0.5) is 10.1 Å². The number of fused-ring (bicyclic) bond motifs is 1. The van der Waals surface area contributed by atoms with Gasteiger partial charge in [0, 0.05) is 38.2 Å². The highest BCUT2D eigenvalue weighted by atomic mass is 19.1. The lowest BCUT2D eigenvalue weighted by molar-refractivity contribution is 0.0988. The smallest absolute Gasteiger partial charge is 0.311 e. The number of halogens is 1. The van der Waals surface area contributed by atoms with Gasteiger partial charge >= 0.3 is 5.91 Å². The van der Waals surface area contributed by atoms with Crippen LogP contribution in [0.1, 0.15) is 33.3 Å². The Kier molecular flexibility index (Phi) is 5.21. The van der Waals surface area contributed by atoms with Gasteiger partial charge in [-0.15, -0.1) is 0 Å². The van der Waals surface area contributed by atoms with Gasteiger partial charge in [-0.05, 0) is 42.3 Å². The molecular weight excluding hydrogens is 357 g/mol. The first-order valence-electron chi connectivity index (χ1n) is 9.40. The zero-order chi connectivity index (χ0) is 19.5. The number of nitrogens with zero attached hydrogens (tertiary/aromatic N) is 2. The van der Waals surface area contributed by atoms with E-state index in [1.165, 1.54) is 6.07 Å². The van der Waals surface area contributed by atoms with Gasteiger partial charge in [0.1, 0.15) is 11.6 Å². The van der Waals surface area contributed by atoms with E-state index in [9.17, 15) is 9.18 Å². The molecule has 0 atom stereocenters. The molecule has 0 unspecified atom stereocenters. The molecule has 0 saturated carbocycles. The molecule has 4 rings (SSSR count). The number of hydrogen-bond acceptors (Lipinski definition) is 4. The number of amides is 1. The molecule has 1 N–H and O–H groups in total. The van der Waals surface area contributed by atoms with Crippen LogP contribution in [-0.2, 0) is 19.4 Å². The molecule has 0 aliphatic carbocycles. The van der Waals surface area contributed by atoms with Crippen molar-refractivity contribution in [2.24, 2.45) is 0 Å². The summed E-state index contributed by atoms with van der Waals surface area (Å²) >= 11 is 0. The van der Waals surface area contributed by atoms with Crippen LogP contribution < -0.4 is 5.32 Å². The number of aromatic nitrogens is 1. The average Bonchev–Trinajstić information content (AvgIpc) is 2.98. The van der Waals surface area contributed by atoms with Gasteiger partial charge in [-0.25, -0.2) is 9.37 Å². The van der Waals surface area contributed by atoms with Crippen molar-refractivity contribution in [1.29, 1.82) is 0 Å². The fourth-order valence-corrected chi connectivity index (χ4v) is 3.53. The maximum absolute atomic E-state index is 13.6. The summed E-state index contributed by atoms with van der Waals surface area (Å²) in [5.74, 6) is 0.318. The Morgan fingerprint density at radius 3 is 2.75 bits per heavy atom. The number of nitrogens with one attached hydrogen (secondary N) is 1. The predicted molar refractivity (Wildman–Crippen MR) is 105 cm³/mol. The summed E-state index contributed by atoms with van der Waals surface area (Å²) in [6.07, 6.45) is 1.38. The van der Waals surface area contributed by atoms with E-state index < -0.39 is 0 Å². The number of anilines is 1.